The Labute approximate surface area is 119 Å². The van der Waals surface area contributed by atoms with Gasteiger partial charge in [-0.05, 0) is 42.3 Å². The Kier molecular flexibility index (Phi) is 3.51. The van der Waals surface area contributed by atoms with Gasteiger partial charge in [-0.15, -0.1) is 0 Å². The first kappa shape index (κ1) is 12.5. The van der Waals surface area contributed by atoms with Gasteiger partial charge < -0.3 is 4.74 Å². The van der Waals surface area contributed by atoms with Gasteiger partial charge in [0.05, 0.1) is 0 Å². The zero-order valence-corrected chi connectivity index (χ0v) is 11.4. The standard InChI is InChI=1S/C19H16O/c1-15-6-5-7-17(14-15)16-10-12-19(13-11-16)20-18-8-3-2-4-9-18/h2-14H,1H3. The van der Waals surface area contributed by atoms with Crippen molar-refractivity contribution in [3.63, 3.8) is 0 Å². The van der Waals surface area contributed by atoms with E-state index >= 15 is 0 Å². The van der Waals surface area contributed by atoms with Crippen LogP contribution >= 0.6 is 0 Å². The molecule has 0 aromatic heterocycles. The molecule has 20 heavy (non-hydrogen) atoms. The molecule has 0 amide bonds. The zero-order chi connectivity index (χ0) is 13.8. The number of hydrogen-bond donors (Lipinski definition) is 0. The van der Waals surface area contributed by atoms with Gasteiger partial charge in [-0.1, -0.05) is 60.2 Å². The van der Waals surface area contributed by atoms with Gasteiger partial charge >= 0.3 is 0 Å². The normalized spacial score (nSPS) is 10.2. The molecule has 0 fully saturated rings. The molecule has 0 bridgehead atoms. The number of para-hydroxylation sites is 1. The molecular formula is C19H16O. The summed E-state index contributed by atoms with van der Waals surface area (Å²) in [5, 5.41) is 0. The van der Waals surface area contributed by atoms with E-state index < -0.39 is 0 Å². The van der Waals surface area contributed by atoms with Crippen LogP contribution < -0.4 is 4.74 Å². The van der Waals surface area contributed by atoms with Gasteiger partial charge in [-0.3, -0.25) is 0 Å². The summed E-state index contributed by atoms with van der Waals surface area (Å²) >= 11 is 0. The predicted molar refractivity (Wildman–Crippen MR) is 83.1 cm³/mol. The lowest BCUT2D eigenvalue weighted by molar-refractivity contribution is 0.483. The minimum Gasteiger partial charge on any atom is -0.457 e. The Hall–Kier alpha value is -2.54. The van der Waals surface area contributed by atoms with Crippen LogP contribution in [0.5, 0.6) is 11.5 Å². The predicted octanol–water partition coefficient (Wildman–Crippen LogP) is 5.45. The fraction of sp³-hybridized carbons (Fsp3) is 0.0526. The number of ether oxygens (including phenoxy) is 1. The summed E-state index contributed by atoms with van der Waals surface area (Å²) in [6.07, 6.45) is 0. The second kappa shape index (κ2) is 5.62. The van der Waals surface area contributed by atoms with E-state index in [2.05, 4.69) is 43.3 Å². The molecule has 0 heterocycles. The Morgan fingerprint density at radius 3 is 2.00 bits per heavy atom. The van der Waals surface area contributed by atoms with Gasteiger partial charge in [0.2, 0.25) is 0 Å². The van der Waals surface area contributed by atoms with Crippen molar-refractivity contribution in [3.05, 3.63) is 84.4 Å². The second-order valence-electron chi connectivity index (χ2n) is 4.81. The molecule has 1 nitrogen and oxygen atoms in total. The fourth-order valence-electron chi connectivity index (χ4n) is 2.16. The van der Waals surface area contributed by atoms with E-state index in [-0.39, 0.29) is 0 Å². The van der Waals surface area contributed by atoms with Gasteiger partial charge in [0.15, 0.2) is 0 Å². The Morgan fingerprint density at radius 2 is 1.30 bits per heavy atom. The molecule has 0 atom stereocenters. The van der Waals surface area contributed by atoms with Gasteiger partial charge in [0.1, 0.15) is 11.5 Å². The van der Waals surface area contributed by atoms with Crippen LogP contribution in [0.25, 0.3) is 11.1 Å². The monoisotopic (exact) mass is 260 g/mol. The average Bonchev–Trinajstić information content (AvgIpc) is 2.49. The van der Waals surface area contributed by atoms with Crippen molar-refractivity contribution >= 4 is 0 Å². The minimum atomic E-state index is 0.854. The van der Waals surface area contributed by atoms with Crippen LogP contribution in [0.1, 0.15) is 5.56 Å². The number of rotatable bonds is 3. The van der Waals surface area contributed by atoms with Crippen molar-refractivity contribution in [1.29, 1.82) is 0 Å². The molecule has 3 aromatic rings. The third kappa shape index (κ3) is 2.89. The highest BCUT2D eigenvalue weighted by atomic mass is 16.5. The molecular weight excluding hydrogens is 244 g/mol. The molecule has 0 aliphatic carbocycles. The lowest BCUT2D eigenvalue weighted by Crippen LogP contribution is -1.84. The van der Waals surface area contributed by atoms with E-state index in [0.717, 1.165) is 11.5 Å². The summed E-state index contributed by atoms with van der Waals surface area (Å²) < 4.78 is 5.79. The van der Waals surface area contributed by atoms with E-state index in [9.17, 15) is 0 Å². The molecule has 0 aliphatic rings. The van der Waals surface area contributed by atoms with Crippen LogP contribution in [-0.2, 0) is 0 Å². The molecule has 0 spiro atoms. The quantitative estimate of drug-likeness (QED) is 0.608. The summed E-state index contributed by atoms with van der Waals surface area (Å²) in [6, 6.07) is 26.5. The lowest BCUT2D eigenvalue weighted by Gasteiger charge is -2.07. The van der Waals surface area contributed by atoms with Gasteiger partial charge in [-0.2, -0.15) is 0 Å². The first-order valence-electron chi connectivity index (χ1n) is 6.71. The summed E-state index contributed by atoms with van der Waals surface area (Å²) in [6.45, 7) is 2.11. The van der Waals surface area contributed by atoms with E-state index in [4.69, 9.17) is 4.74 Å². The number of aryl methyl sites for hydroxylation is 1. The average molecular weight is 260 g/mol. The lowest BCUT2D eigenvalue weighted by atomic mass is 10.0. The third-order valence-electron chi connectivity index (χ3n) is 3.18. The maximum atomic E-state index is 5.79. The largest absolute Gasteiger partial charge is 0.457 e. The highest BCUT2D eigenvalue weighted by Crippen LogP contribution is 2.26. The van der Waals surface area contributed by atoms with Crippen LogP contribution in [-0.4, -0.2) is 0 Å². The molecule has 3 rings (SSSR count). The first-order valence-corrected chi connectivity index (χ1v) is 6.71. The zero-order valence-electron chi connectivity index (χ0n) is 11.4. The molecule has 3 aromatic carbocycles. The summed E-state index contributed by atoms with van der Waals surface area (Å²) in [5.74, 6) is 1.71. The summed E-state index contributed by atoms with van der Waals surface area (Å²) in [5.41, 5.74) is 3.71. The third-order valence-corrected chi connectivity index (χ3v) is 3.18. The van der Waals surface area contributed by atoms with E-state index in [1.165, 1.54) is 16.7 Å². The maximum Gasteiger partial charge on any atom is 0.127 e. The Balaban J connectivity index is 1.81. The van der Waals surface area contributed by atoms with Gasteiger partial charge in [-0.25, -0.2) is 0 Å². The molecule has 1 heteroatoms. The van der Waals surface area contributed by atoms with Crippen molar-refractivity contribution in [2.45, 2.75) is 6.92 Å². The Bertz CT molecular complexity index is 684. The number of hydrogen-bond acceptors (Lipinski definition) is 1. The highest BCUT2D eigenvalue weighted by molar-refractivity contribution is 5.64. The van der Waals surface area contributed by atoms with Crippen molar-refractivity contribution in [2.24, 2.45) is 0 Å². The fourth-order valence-corrected chi connectivity index (χ4v) is 2.16. The Morgan fingerprint density at radius 1 is 0.600 bits per heavy atom. The molecule has 0 N–H and O–H groups in total. The highest BCUT2D eigenvalue weighted by Gasteiger charge is 2.00. The molecule has 0 aliphatic heterocycles. The minimum absolute atomic E-state index is 0.854. The smallest absolute Gasteiger partial charge is 0.127 e. The van der Waals surface area contributed by atoms with Crippen LogP contribution in [0, 0.1) is 6.92 Å². The van der Waals surface area contributed by atoms with Crippen LogP contribution in [0.2, 0.25) is 0 Å². The van der Waals surface area contributed by atoms with Gasteiger partial charge in [0, 0.05) is 0 Å². The van der Waals surface area contributed by atoms with Crippen molar-refractivity contribution in [1.82, 2.24) is 0 Å². The van der Waals surface area contributed by atoms with Crippen LogP contribution in [0.15, 0.2) is 78.9 Å². The molecule has 0 radical (unpaired) electrons. The van der Waals surface area contributed by atoms with E-state index in [1.54, 1.807) is 0 Å². The topological polar surface area (TPSA) is 9.23 Å². The van der Waals surface area contributed by atoms with Crippen LogP contribution in [0.3, 0.4) is 0 Å². The maximum absolute atomic E-state index is 5.79. The van der Waals surface area contributed by atoms with Gasteiger partial charge in [0.25, 0.3) is 0 Å². The molecule has 0 unspecified atom stereocenters. The van der Waals surface area contributed by atoms with Crippen LogP contribution in [0.4, 0.5) is 0 Å². The van der Waals surface area contributed by atoms with E-state index in [0.29, 0.717) is 0 Å². The van der Waals surface area contributed by atoms with Crippen molar-refractivity contribution in [3.8, 4) is 22.6 Å². The molecule has 0 saturated heterocycles. The van der Waals surface area contributed by atoms with Crippen molar-refractivity contribution < 1.29 is 4.74 Å². The first-order chi connectivity index (χ1) is 9.81. The number of benzene rings is 3. The van der Waals surface area contributed by atoms with Crippen molar-refractivity contribution in [2.75, 3.05) is 0 Å². The summed E-state index contributed by atoms with van der Waals surface area (Å²) in [4.78, 5) is 0. The molecule has 0 saturated carbocycles. The molecule has 98 valence electrons. The summed E-state index contributed by atoms with van der Waals surface area (Å²) in [7, 11) is 0. The SMILES string of the molecule is Cc1cccc(-c2ccc(Oc3ccccc3)cc2)c1. The van der Waals surface area contributed by atoms with E-state index in [1.807, 2.05) is 42.5 Å². The second-order valence-corrected chi connectivity index (χ2v) is 4.81.